The molecule has 5 nitrogen and oxygen atoms in total. The van der Waals surface area contributed by atoms with Gasteiger partial charge in [0.25, 0.3) is 0 Å². The van der Waals surface area contributed by atoms with Crippen molar-refractivity contribution in [3.05, 3.63) is 93.1 Å². The molecular formula is C27H23ClO5. The highest BCUT2D eigenvalue weighted by molar-refractivity contribution is 6.30. The predicted octanol–water partition coefficient (Wildman–Crippen LogP) is 6.47. The average Bonchev–Trinajstić information content (AvgIpc) is 2.78. The van der Waals surface area contributed by atoms with Crippen molar-refractivity contribution in [2.75, 3.05) is 6.61 Å². The fraction of sp³-hybridized carbons (Fsp3) is 0.185. The van der Waals surface area contributed by atoms with E-state index >= 15 is 0 Å². The molecule has 0 saturated carbocycles. The number of aryl methyl sites for hydroxylation is 1. The third kappa shape index (κ3) is 5.10. The lowest BCUT2D eigenvalue weighted by Crippen LogP contribution is -2.17. The van der Waals surface area contributed by atoms with Crippen LogP contribution in [0.4, 0.5) is 0 Å². The van der Waals surface area contributed by atoms with Crippen LogP contribution in [0.1, 0.15) is 29.8 Å². The topological polar surface area (TPSA) is 65.7 Å². The van der Waals surface area contributed by atoms with Crippen LogP contribution in [0, 0.1) is 6.92 Å². The van der Waals surface area contributed by atoms with E-state index in [0.717, 1.165) is 5.56 Å². The monoisotopic (exact) mass is 462 g/mol. The molecule has 168 valence electrons. The van der Waals surface area contributed by atoms with Crippen LogP contribution in [-0.2, 0) is 0 Å². The number of ketones is 1. The summed E-state index contributed by atoms with van der Waals surface area (Å²) in [6.45, 7) is 5.47. The largest absolute Gasteiger partial charge is 0.491 e. The highest BCUT2D eigenvalue weighted by Gasteiger charge is 2.19. The molecule has 6 heteroatoms. The fourth-order valence-electron chi connectivity index (χ4n) is 3.42. The van der Waals surface area contributed by atoms with Crippen molar-refractivity contribution in [1.29, 1.82) is 0 Å². The molecule has 1 heterocycles. The van der Waals surface area contributed by atoms with Gasteiger partial charge in [-0.3, -0.25) is 9.59 Å². The van der Waals surface area contributed by atoms with Crippen molar-refractivity contribution in [3.63, 3.8) is 0 Å². The minimum Gasteiger partial charge on any atom is -0.491 e. The van der Waals surface area contributed by atoms with E-state index < -0.39 is 0 Å². The number of Topliss-reactive ketones (excluding diaryl/α,β-unsaturated/α-hetero) is 1. The van der Waals surface area contributed by atoms with Crippen LogP contribution >= 0.6 is 11.6 Å². The second kappa shape index (κ2) is 9.51. The molecule has 0 spiro atoms. The van der Waals surface area contributed by atoms with Crippen molar-refractivity contribution < 1.29 is 18.7 Å². The first kappa shape index (κ1) is 22.6. The Bertz CT molecular complexity index is 1350. The Morgan fingerprint density at radius 1 is 1.00 bits per heavy atom. The maximum atomic E-state index is 13.3. The smallest absolute Gasteiger partial charge is 0.235 e. The third-order valence-electron chi connectivity index (χ3n) is 5.01. The van der Waals surface area contributed by atoms with E-state index in [1.54, 1.807) is 60.7 Å². The minimum absolute atomic E-state index is 0.0122. The zero-order chi connectivity index (χ0) is 23.5. The zero-order valence-electron chi connectivity index (χ0n) is 18.6. The van der Waals surface area contributed by atoms with E-state index in [1.165, 1.54) is 0 Å². The number of carbonyl (C=O) groups excluding carboxylic acids is 1. The highest BCUT2D eigenvalue weighted by atomic mass is 35.5. The molecule has 33 heavy (non-hydrogen) atoms. The molecule has 0 N–H and O–H groups in total. The van der Waals surface area contributed by atoms with Crippen molar-refractivity contribution >= 4 is 28.4 Å². The maximum Gasteiger partial charge on any atom is 0.235 e. The Labute approximate surface area is 196 Å². The number of halogens is 1. The summed E-state index contributed by atoms with van der Waals surface area (Å²) in [5.41, 5.74) is 2.15. The number of fused-ring (bicyclic) bond motifs is 1. The van der Waals surface area contributed by atoms with Gasteiger partial charge in [0.1, 0.15) is 11.3 Å². The summed E-state index contributed by atoms with van der Waals surface area (Å²) in [7, 11) is 0. The summed E-state index contributed by atoms with van der Waals surface area (Å²) in [6.07, 6.45) is 0.0390. The molecule has 0 radical (unpaired) electrons. The van der Waals surface area contributed by atoms with Crippen molar-refractivity contribution in [2.24, 2.45) is 0 Å². The van der Waals surface area contributed by atoms with Gasteiger partial charge >= 0.3 is 0 Å². The average molecular weight is 463 g/mol. The van der Waals surface area contributed by atoms with Gasteiger partial charge in [0.05, 0.1) is 11.5 Å². The lowest BCUT2D eigenvalue weighted by Gasteiger charge is -2.12. The summed E-state index contributed by atoms with van der Waals surface area (Å²) in [5.74, 6) is 0.652. The number of ether oxygens (including phenoxy) is 2. The Morgan fingerprint density at radius 2 is 1.70 bits per heavy atom. The zero-order valence-corrected chi connectivity index (χ0v) is 19.3. The molecular weight excluding hydrogens is 440 g/mol. The molecule has 0 amide bonds. The Kier molecular flexibility index (Phi) is 6.52. The van der Waals surface area contributed by atoms with Gasteiger partial charge < -0.3 is 13.9 Å². The molecule has 0 aliphatic heterocycles. The van der Waals surface area contributed by atoms with E-state index in [2.05, 4.69) is 0 Å². The summed E-state index contributed by atoms with van der Waals surface area (Å²) in [4.78, 5) is 26.0. The quantitative estimate of drug-likeness (QED) is 0.294. The van der Waals surface area contributed by atoms with Gasteiger partial charge in [-0.05, 0) is 87.0 Å². The van der Waals surface area contributed by atoms with Gasteiger partial charge in [-0.1, -0.05) is 17.7 Å². The van der Waals surface area contributed by atoms with Crippen molar-refractivity contribution in [3.8, 4) is 22.8 Å². The molecule has 0 aliphatic carbocycles. The van der Waals surface area contributed by atoms with Crippen LogP contribution in [0.3, 0.4) is 0 Å². The number of benzene rings is 3. The molecule has 4 aromatic rings. The van der Waals surface area contributed by atoms with Crippen LogP contribution in [-0.4, -0.2) is 18.5 Å². The molecule has 0 unspecified atom stereocenters. The van der Waals surface area contributed by atoms with Crippen molar-refractivity contribution in [1.82, 2.24) is 0 Å². The Balaban J connectivity index is 1.67. The van der Waals surface area contributed by atoms with Gasteiger partial charge in [-0.15, -0.1) is 0 Å². The second-order valence-electron chi connectivity index (χ2n) is 8.00. The first-order valence-corrected chi connectivity index (χ1v) is 11.0. The van der Waals surface area contributed by atoms with Gasteiger partial charge in [-0.25, -0.2) is 0 Å². The first-order valence-electron chi connectivity index (χ1n) is 10.6. The van der Waals surface area contributed by atoms with Crippen LogP contribution < -0.4 is 14.9 Å². The van der Waals surface area contributed by atoms with Gasteiger partial charge in [0.15, 0.2) is 18.2 Å². The van der Waals surface area contributed by atoms with Crippen LogP contribution in [0.15, 0.2) is 75.9 Å². The molecule has 0 saturated heterocycles. The predicted molar refractivity (Wildman–Crippen MR) is 130 cm³/mol. The lowest BCUT2D eigenvalue weighted by atomic mass is 10.1. The molecule has 0 bridgehead atoms. The number of hydrogen-bond acceptors (Lipinski definition) is 5. The second-order valence-corrected chi connectivity index (χ2v) is 8.44. The first-order chi connectivity index (χ1) is 15.8. The highest BCUT2D eigenvalue weighted by Crippen LogP contribution is 2.32. The summed E-state index contributed by atoms with van der Waals surface area (Å²) in [5, 5.41) is 0.941. The summed E-state index contributed by atoms with van der Waals surface area (Å²) >= 11 is 6.02. The Morgan fingerprint density at radius 3 is 2.36 bits per heavy atom. The van der Waals surface area contributed by atoms with Crippen LogP contribution in [0.2, 0.25) is 5.02 Å². The number of hydrogen-bond donors (Lipinski definition) is 0. The number of rotatable bonds is 7. The minimum atomic E-state index is -0.338. The molecule has 4 rings (SSSR count). The molecule has 3 aromatic carbocycles. The van der Waals surface area contributed by atoms with Gasteiger partial charge in [0, 0.05) is 16.1 Å². The van der Waals surface area contributed by atoms with Crippen LogP contribution in [0.5, 0.6) is 11.5 Å². The van der Waals surface area contributed by atoms with Gasteiger partial charge in [0.2, 0.25) is 11.2 Å². The van der Waals surface area contributed by atoms with E-state index in [4.69, 9.17) is 25.5 Å². The lowest BCUT2D eigenvalue weighted by molar-refractivity contribution is 0.0920. The number of carbonyl (C=O) groups is 1. The molecule has 0 aliphatic rings. The Hall–Kier alpha value is -3.57. The van der Waals surface area contributed by atoms with Crippen LogP contribution in [0.25, 0.3) is 22.3 Å². The molecule has 1 aromatic heterocycles. The summed E-state index contributed by atoms with van der Waals surface area (Å²) in [6, 6.07) is 19.0. The van der Waals surface area contributed by atoms with E-state index in [0.29, 0.717) is 32.9 Å². The SMILES string of the molecule is Cc1ccc2c(=O)c(OCC(=O)c3ccc(OC(C)C)cc3)c(-c3ccc(Cl)cc3)oc2c1. The summed E-state index contributed by atoms with van der Waals surface area (Å²) < 4.78 is 17.5. The van der Waals surface area contributed by atoms with E-state index in [-0.39, 0.29) is 35.4 Å². The normalized spacial score (nSPS) is 11.1. The van der Waals surface area contributed by atoms with Crippen molar-refractivity contribution in [2.45, 2.75) is 26.9 Å². The van der Waals surface area contributed by atoms with E-state index in [9.17, 15) is 9.59 Å². The third-order valence-corrected chi connectivity index (χ3v) is 5.26. The standard InChI is InChI=1S/C27H23ClO5/c1-16(2)32-21-11-7-18(8-12-21)23(29)15-31-27-25(30)22-13-4-17(3)14-24(22)33-26(27)19-5-9-20(28)10-6-19/h4-14,16H,15H2,1-3H3. The van der Waals surface area contributed by atoms with E-state index in [1.807, 2.05) is 26.8 Å². The van der Waals surface area contributed by atoms with Gasteiger partial charge in [-0.2, -0.15) is 0 Å². The maximum absolute atomic E-state index is 13.3. The molecule has 0 fully saturated rings. The molecule has 0 atom stereocenters. The fourth-order valence-corrected chi connectivity index (χ4v) is 3.54.